The van der Waals surface area contributed by atoms with Crippen molar-refractivity contribution in [2.45, 2.75) is 13.3 Å². The molecule has 0 unspecified atom stereocenters. The Bertz CT molecular complexity index is 572. The molecule has 0 aromatic heterocycles. The third-order valence-corrected chi connectivity index (χ3v) is 3.57. The fraction of sp³-hybridized carbons (Fsp3) is 0.143. The molecule has 0 spiro atoms. The lowest BCUT2D eigenvalue weighted by Crippen LogP contribution is -1.90. The van der Waals surface area contributed by atoms with E-state index in [1.807, 2.05) is 30.3 Å². The maximum absolute atomic E-state index is 6.07. The summed E-state index contributed by atoms with van der Waals surface area (Å²) in [6.07, 6.45) is 0.874. The van der Waals surface area contributed by atoms with E-state index in [9.17, 15) is 0 Å². The summed E-state index contributed by atoms with van der Waals surface area (Å²) < 4.78 is 6.63. The fourth-order valence-corrected chi connectivity index (χ4v) is 2.34. The molecule has 2 aromatic rings. The van der Waals surface area contributed by atoms with Gasteiger partial charge in [-0.2, -0.15) is 0 Å². The molecule has 2 N–H and O–H groups in total. The van der Waals surface area contributed by atoms with Crippen LogP contribution in [0, 0.1) is 0 Å². The lowest BCUT2D eigenvalue weighted by atomic mass is 10.1. The zero-order valence-corrected chi connectivity index (χ0v) is 12.3. The minimum Gasteiger partial charge on any atom is -0.456 e. The van der Waals surface area contributed by atoms with Crippen LogP contribution >= 0.6 is 27.5 Å². The van der Waals surface area contributed by atoms with Crippen molar-refractivity contribution in [3.05, 3.63) is 51.5 Å². The second kappa shape index (κ2) is 5.63. The molecule has 94 valence electrons. The molecule has 0 aliphatic heterocycles. The average molecular weight is 327 g/mol. The van der Waals surface area contributed by atoms with Gasteiger partial charge in [0.25, 0.3) is 0 Å². The van der Waals surface area contributed by atoms with Gasteiger partial charge in [-0.15, -0.1) is 0 Å². The van der Waals surface area contributed by atoms with Gasteiger partial charge in [-0.1, -0.05) is 18.5 Å². The number of hydrogen-bond donors (Lipinski definition) is 1. The molecule has 0 aliphatic rings. The highest BCUT2D eigenvalue weighted by Crippen LogP contribution is 2.32. The SMILES string of the molecule is CCc1cc(Oc2ccc(N)cc2Br)ccc1Cl. The van der Waals surface area contributed by atoms with E-state index < -0.39 is 0 Å². The highest BCUT2D eigenvalue weighted by atomic mass is 79.9. The molecule has 0 bridgehead atoms. The first-order chi connectivity index (χ1) is 8.60. The molecule has 0 fully saturated rings. The molecular formula is C14H13BrClNO. The molecule has 2 rings (SSSR count). The highest BCUT2D eigenvalue weighted by molar-refractivity contribution is 9.10. The van der Waals surface area contributed by atoms with Crippen LogP contribution in [-0.2, 0) is 6.42 Å². The second-order valence-electron chi connectivity index (χ2n) is 3.90. The van der Waals surface area contributed by atoms with Crippen LogP contribution in [0.1, 0.15) is 12.5 Å². The van der Waals surface area contributed by atoms with Gasteiger partial charge in [0.1, 0.15) is 11.5 Å². The van der Waals surface area contributed by atoms with Crippen LogP contribution in [0.3, 0.4) is 0 Å². The predicted octanol–water partition coefficient (Wildman–Crippen LogP) is 5.04. The first kappa shape index (κ1) is 13.2. The number of benzene rings is 2. The lowest BCUT2D eigenvalue weighted by molar-refractivity contribution is 0.479. The van der Waals surface area contributed by atoms with Gasteiger partial charge >= 0.3 is 0 Å². The quantitative estimate of drug-likeness (QED) is 0.802. The van der Waals surface area contributed by atoms with Crippen LogP contribution in [0.5, 0.6) is 11.5 Å². The molecule has 0 aliphatic carbocycles. The topological polar surface area (TPSA) is 35.2 Å². The van der Waals surface area contributed by atoms with Crippen molar-refractivity contribution in [2.24, 2.45) is 0 Å². The molecule has 0 amide bonds. The van der Waals surface area contributed by atoms with Crippen LogP contribution in [0.15, 0.2) is 40.9 Å². The van der Waals surface area contributed by atoms with Gasteiger partial charge in [-0.25, -0.2) is 0 Å². The van der Waals surface area contributed by atoms with Crippen molar-refractivity contribution in [3.63, 3.8) is 0 Å². The van der Waals surface area contributed by atoms with Gasteiger partial charge in [0.05, 0.1) is 4.47 Å². The van der Waals surface area contributed by atoms with E-state index in [1.165, 1.54) is 0 Å². The highest BCUT2D eigenvalue weighted by Gasteiger charge is 2.05. The van der Waals surface area contributed by atoms with Gasteiger partial charge < -0.3 is 10.5 Å². The van der Waals surface area contributed by atoms with E-state index in [0.717, 1.165) is 33.0 Å². The Balaban J connectivity index is 2.28. The predicted molar refractivity (Wildman–Crippen MR) is 79.5 cm³/mol. The van der Waals surface area contributed by atoms with Crippen LogP contribution < -0.4 is 10.5 Å². The smallest absolute Gasteiger partial charge is 0.141 e. The third-order valence-electron chi connectivity index (χ3n) is 2.58. The Hall–Kier alpha value is -1.19. The van der Waals surface area contributed by atoms with E-state index >= 15 is 0 Å². The number of rotatable bonds is 3. The number of ether oxygens (including phenoxy) is 1. The zero-order valence-electron chi connectivity index (χ0n) is 9.91. The normalized spacial score (nSPS) is 10.4. The monoisotopic (exact) mass is 325 g/mol. The van der Waals surface area contributed by atoms with Crippen molar-refractivity contribution in [2.75, 3.05) is 5.73 Å². The van der Waals surface area contributed by atoms with Crippen molar-refractivity contribution in [1.82, 2.24) is 0 Å². The molecule has 0 atom stereocenters. The number of nitrogens with two attached hydrogens (primary N) is 1. The van der Waals surface area contributed by atoms with Crippen LogP contribution in [-0.4, -0.2) is 0 Å². The lowest BCUT2D eigenvalue weighted by Gasteiger charge is -2.10. The van der Waals surface area contributed by atoms with Crippen LogP contribution in [0.4, 0.5) is 5.69 Å². The molecule has 2 nitrogen and oxygen atoms in total. The summed E-state index contributed by atoms with van der Waals surface area (Å²) in [5.74, 6) is 1.50. The minimum absolute atomic E-state index is 0.694. The largest absolute Gasteiger partial charge is 0.456 e. The van der Waals surface area contributed by atoms with Crippen LogP contribution in [0.2, 0.25) is 5.02 Å². The first-order valence-corrected chi connectivity index (χ1v) is 6.78. The maximum Gasteiger partial charge on any atom is 0.141 e. The number of anilines is 1. The Morgan fingerprint density at radius 3 is 2.67 bits per heavy atom. The summed E-state index contributed by atoms with van der Waals surface area (Å²) in [6, 6.07) is 11.1. The van der Waals surface area contributed by atoms with Gasteiger partial charge in [0, 0.05) is 10.7 Å². The van der Waals surface area contributed by atoms with E-state index in [4.69, 9.17) is 22.1 Å². The number of aryl methyl sites for hydroxylation is 1. The molecule has 18 heavy (non-hydrogen) atoms. The molecule has 0 radical (unpaired) electrons. The van der Waals surface area contributed by atoms with E-state index in [1.54, 1.807) is 6.07 Å². The third kappa shape index (κ3) is 2.98. The van der Waals surface area contributed by atoms with Gasteiger partial charge in [-0.05, 0) is 64.3 Å². The fourth-order valence-electron chi connectivity index (χ4n) is 1.61. The van der Waals surface area contributed by atoms with Crippen molar-refractivity contribution < 1.29 is 4.74 Å². The molecule has 4 heteroatoms. The molecule has 0 saturated heterocycles. The zero-order chi connectivity index (χ0) is 13.1. The summed E-state index contributed by atoms with van der Waals surface area (Å²) in [4.78, 5) is 0. The Kier molecular flexibility index (Phi) is 4.15. The van der Waals surface area contributed by atoms with Gasteiger partial charge in [0.2, 0.25) is 0 Å². The summed E-state index contributed by atoms with van der Waals surface area (Å²) in [7, 11) is 0. The number of halogens is 2. The van der Waals surface area contributed by atoms with E-state index in [0.29, 0.717) is 5.69 Å². The standard InChI is InChI=1S/C14H13BrClNO/c1-2-9-7-11(4-5-13(9)16)18-14-6-3-10(17)8-12(14)15/h3-8H,2,17H2,1H3. The molecule has 2 aromatic carbocycles. The van der Waals surface area contributed by atoms with E-state index in [2.05, 4.69) is 22.9 Å². The molecule has 0 heterocycles. The van der Waals surface area contributed by atoms with Gasteiger partial charge in [0.15, 0.2) is 0 Å². The summed E-state index contributed by atoms with van der Waals surface area (Å²) in [6.45, 7) is 2.06. The summed E-state index contributed by atoms with van der Waals surface area (Å²) in [5.41, 5.74) is 7.45. The Labute approximate surface area is 120 Å². The number of hydrogen-bond acceptors (Lipinski definition) is 2. The van der Waals surface area contributed by atoms with E-state index in [-0.39, 0.29) is 0 Å². The second-order valence-corrected chi connectivity index (χ2v) is 5.16. The van der Waals surface area contributed by atoms with Crippen molar-refractivity contribution in [3.8, 4) is 11.5 Å². The summed E-state index contributed by atoms with van der Waals surface area (Å²) >= 11 is 9.49. The maximum atomic E-state index is 6.07. The van der Waals surface area contributed by atoms with Crippen molar-refractivity contribution >= 4 is 33.2 Å². The molecule has 0 saturated carbocycles. The summed E-state index contributed by atoms with van der Waals surface area (Å²) in [5, 5.41) is 0.765. The average Bonchev–Trinajstić information content (AvgIpc) is 2.35. The molecular weight excluding hydrogens is 314 g/mol. The van der Waals surface area contributed by atoms with Gasteiger partial charge in [-0.3, -0.25) is 0 Å². The first-order valence-electron chi connectivity index (χ1n) is 5.61. The Morgan fingerprint density at radius 2 is 2.00 bits per heavy atom. The van der Waals surface area contributed by atoms with Crippen molar-refractivity contribution in [1.29, 1.82) is 0 Å². The van der Waals surface area contributed by atoms with Crippen LogP contribution in [0.25, 0.3) is 0 Å². The Morgan fingerprint density at radius 1 is 1.22 bits per heavy atom. The minimum atomic E-state index is 0.694. The number of nitrogen functional groups attached to an aromatic ring is 1.